The van der Waals surface area contributed by atoms with Crippen LogP contribution in [-0.4, -0.2) is 17.2 Å². The van der Waals surface area contributed by atoms with Crippen molar-refractivity contribution in [2.24, 2.45) is 0 Å². The Labute approximate surface area is 86.3 Å². The molecular weight excluding hydrogens is 197 g/mol. The van der Waals surface area contributed by atoms with Crippen LogP contribution >= 0.6 is 0 Å². The molecule has 1 aliphatic heterocycles. The van der Waals surface area contributed by atoms with E-state index in [0.29, 0.717) is 0 Å². The van der Waals surface area contributed by atoms with Crippen molar-refractivity contribution in [1.29, 1.82) is 0 Å². The van der Waals surface area contributed by atoms with Gasteiger partial charge in [0.05, 0.1) is 16.7 Å². The van der Waals surface area contributed by atoms with Gasteiger partial charge in [0, 0.05) is 0 Å². The standard InChI is InChI=1S/C11H10FNO2/c1-11(2)9(14)8-6(10(15)13-11)4-3-5-7(8)12/h3-5H,1-2H3,(H,13,15). The lowest BCUT2D eigenvalue weighted by molar-refractivity contribution is 0.0763. The first-order chi connectivity index (χ1) is 6.93. The molecule has 1 aliphatic rings. The van der Waals surface area contributed by atoms with Gasteiger partial charge in [-0.2, -0.15) is 0 Å². The first kappa shape index (κ1) is 9.83. The summed E-state index contributed by atoms with van der Waals surface area (Å²) in [4.78, 5) is 23.4. The van der Waals surface area contributed by atoms with Crippen molar-refractivity contribution >= 4 is 11.7 Å². The lowest BCUT2D eigenvalue weighted by Gasteiger charge is -2.30. The highest BCUT2D eigenvalue weighted by molar-refractivity contribution is 6.17. The number of carbonyl (C=O) groups excluding carboxylic acids is 2. The zero-order chi connectivity index (χ0) is 11.2. The van der Waals surface area contributed by atoms with Crippen LogP contribution in [0.2, 0.25) is 0 Å². The van der Waals surface area contributed by atoms with Crippen LogP contribution < -0.4 is 5.32 Å². The Kier molecular flexibility index (Phi) is 1.89. The molecule has 1 aromatic rings. The number of fused-ring (bicyclic) bond motifs is 1. The van der Waals surface area contributed by atoms with E-state index in [2.05, 4.69) is 5.32 Å². The van der Waals surface area contributed by atoms with Crippen LogP contribution in [0.25, 0.3) is 0 Å². The maximum absolute atomic E-state index is 13.4. The van der Waals surface area contributed by atoms with E-state index >= 15 is 0 Å². The Morgan fingerprint density at radius 1 is 1.27 bits per heavy atom. The van der Waals surface area contributed by atoms with E-state index in [1.807, 2.05) is 0 Å². The number of carbonyl (C=O) groups is 2. The highest BCUT2D eigenvalue weighted by Gasteiger charge is 2.39. The van der Waals surface area contributed by atoms with Crippen molar-refractivity contribution in [3.8, 4) is 0 Å². The molecule has 0 saturated heterocycles. The summed E-state index contributed by atoms with van der Waals surface area (Å²) in [6.45, 7) is 3.12. The number of ketones is 1. The minimum atomic E-state index is -1.04. The van der Waals surface area contributed by atoms with E-state index in [4.69, 9.17) is 0 Å². The van der Waals surface area contributed by atoms with Gasteiger partial charge >= 0.3 is 0 Å². The quantitative estimate of drug-likeness (QED) is 0.701. The van der Waals surface area contributed by atoms with Crippen LogP contribution in [0.3, 0.4) is 0 Å². The van der Waals surface area contributed by atoms with Crippen LogP contribution in [0.5, 0.6) is 0 Å². The molecule has 0 aliphatic carbocycles. The molecule has 0 spiro atoms. The highest BCUT2D eigenvalue weighted by atomic mass is 19.1. The molecule has 0 bridgehead atoms. The third-order valence-electron chi connectivity index (χ3n) is 2.48. The van der Waals surface area contributed by atoms with Crippen molar-refractivity contribution in [3.63, 3.8) is 0 Å². The van der Waals surface area contributed by atoms with Crippen LogP contribution in [0.1, 0.15) is 34.6 Å². The minimum absolute atomic E-state index is 0.105. The van der Waals surface area contributed by atoms with Crippen molar-refractivity contribution in [1.82, 2.24) is 5.32 Å². The van der Waals surface area contributed by atoms with Gasteiger partial charge in [-0.1, -0.05) is 6.07 Å². The van der Waals surface area contributed by atoms with Crippen LogP contribution in [-0.2, 0) is 0 Å². The second-order valence-electron chi connectivity index (χ2n) is 4.07. The minimum Gasteiger partial charge on any atom is -0.340 e. The molecular formula is C11H10FNO2. The van der Waals surface area contributed by atoms with Crippen molar-refractivity contribution in [2.45, 2.75) is 19.4 Å². The second kappa shape index (κ2) is 2.89. The number of benzene rings is 1. The third-order valence-corrected chi connectivity index (χ3v) is 2.48. The molecule has 1 aromatic carbocycles. The van der Waals surface area contributed by atoms with Gasteiger partial charge in [0.25, 0.3) is 5.91 Å². The molecule has 0 aromatic heterocycles. The Morgan fingerprint density at radius 3 is 2.60 bits per heavy atom. The van der Waals surface area contributed by atoms with Crippen LogP contribution in [0.15, 0.2) is 18.2 Å². The van der Waals surface area contributed by atoms with Crippen LogP contribution in [0, 0.1) is 5.82 Å². The van der Waals surface area contributed by atoms with E-state index in [-0.39, 0.29) is 11.1 Å². The Hall–Kier alpha value is -1.71. The van der Waals surface area contributed by atoms with E-state index in [1.54, 1.807) is 13.8 Å². The van der Waals surface area contributed by atoms with Gasteiger partial charge in [-0.05, 0) is 26.0 Å². The molecule has 0 saturated carbocycles. The summed E-state index contributed by atoms with van der Waals surface area (Å²) in [7, 11) is 0. The van der Waals surface area contributed by atoms with E-state index < -0.39 is 23.0 Å². The molecule has 2 rings (SSSR count). The van der Waals surface area contributed by atoms with Gasteiger partial charge < -0.3 is 5.32 Å². The van der Waals surface area contributed by atoms with Gasteiger partial charge in [-0.3, -0.25) is 9.59 Å². The first-order valence-electron chi connectivity index (χ1n) is 4.59. The van der Waals surface area contributed by atoms with Crippen LogP contribution in [0.4, 0.5) is 4.39 Å². The fraction of sp³-hybridized carbons (Fsp3) is 0.273. The fourth-order valence-corrected chi connectivity index (χ4v) is 1.66. The molecule has 1 heterocycles. The Morgan fingerprint density at radius 2 is 1.93 bits per heavy atom. The summed E-state index contributed by atoms with van der Waals surface area (Å²) in [5, 5.41) is 2.53. The second-order valence-corrected chi connectivity index (χ2v) is 4.07. The topological polar surface area (TPSA) is 46.2 Å². The Balaban J connectivity index is 2.71. The molecule has 1 N–H and O–H groups in total. The third kappa shape index (κ3) is 1.33. The highest BCUT2D eigenvalue weighted by Crippen LogP contribution is 2.24. The average molecular weight is 207 g/mol. The number of nitrogens with one attached hydrogen (secondary N) is 1. The Bertz CT molecular complexity index is 466. The van der Waals surface area contributed by atoms with E-state index in [0.717, 1.165) is 0 Å². The molecule has 0 atom stereocenters. The summed E-state index contributed by atoms with van der Waals surface area (Å²) < 4.78 is 13.4. The number of amides is 1. The summed E-state index contributed by atoms with van der Waals surface area (Å²) in [6, 6.07) is 4.05. The lowest BCUT2D eigenvalue weighted by atomic mass is 9.85. The number of Topliss-reactive ketones (excluding diaryl/α,β-unsaturated/α-hetero) is 1. The van der Waals surface area contributed by atoms with E-state index in [1.165, 1.54) is 18.2 Å². The van der Waals surface area contributed by atoms with Crippen molar-refractivity contribution < 1.29 is 14.0 Å². The normalized spacial score (nSPS) is 18.3. The molecule has 1 amide bonds. The van der Waals surface area contributed by atoms with Crippen molar-refractivity contribution in [2.75, 3.05) is 0 Å². The summed E-state index contributed by atoms with van der Waals surface area (Å²) in [6.07, 6.45) is 0. The molecule has 3 nitrogen and oxygen atoms in total. The van der Waals surface area contributed by atoms with Gasteiger partial charge in [0.1, 0.15) is 5.82 Å². The largest absolute Gasteiger partial charge is 0.340 e. The van der Waals surface area contributed by atoms with Crippen molar-refractivity contribution in [3.05, 3.63) is 35.1 Å². The maximum Gasteiger partial charge on any atom is 0.252 e. The molecule has 78 valence electrons. The molecule has 0 radical (unpaired) electrons. The molecule has 4 heteroatoms. The number of halogens is 1. The van der Waals surface area contributed by atoms with E-state index in [9.17, 15) is 14.0 Å². The van der Waals surface area contributed by atoms with Gasteiger partial charge in [-0.15, -0.1) is 0 Å². The first-order valence-corrected chi connectivity index (χ1v) is 4.59. The summed E-state index contributed by atoms with van der Waals surface area (Å²) >= 11 is 0. The van der Waals surface area contributed by atoms with Gasteiger partial charge in [0.15, 0.2) is 5.78 Å². The SMILES string of the molecule is CC1(C)NC(=O)c2cccc(F)c2C1=O. The summed E-state index contributed by atoms with van der Waals surface area (Å²) in [5.74, 6) is -1.44. The fourth-order valence-electron chi connectivity index (χ4n) is 1.66. The predicted molar refractivity (Wildman–Crippen MR) is 52.3 cm³/mol. The van der Waals surface area contributed by atoms with Gasteiger partial charge in [0.2, 0.25) is 0 Å². The number of hydrogen-bond acceptors (Lipinski definition) is 2. The average Bonchev–Trinajstić information content (AvgIpc) is 2.14. The smallest absolute Gasteiger partial charge is 0.252 e. The molecule has 0 fully saturated rings. The van der Waals surface area contributed by atoms with Gasteiger partial charge in [-0.25, -0.2) is 4.39 Å². The summed E-state index contributed by atoms with van der Waals surface area (Å²) in [5.41, 5.74) is -1.03. The predicted octanol–water partition coefficient (Wildman–Crippen LogP) is 1.53. The molecule has 15 heavy (non-hydrogen) atoms. The number of hydrogen-bond donors (Lipinski definition) is 1. The zero-order valence-electron chi connectivity index (χ0n) is 8.43. The maximum atomic E-state index is 13.4. The molecule has 0 unspecified atom stereocenters. The number of rotatable bonds is 0. The zero-order valence-corrected chi connectivity index (χ0v) is 8.43. The monoisotopic (exact) mass is 207 g/mol. The lowest BCUT2D eigenvalue weighted by Crippen LogP contribution is -2.54.